The molecule has 14 heavy (non-hydrogen) atoms. The molecular formula is C7H5Cl2N5. The molecule has 0 aliphatic rings. The Hall–Kier alpha value is -1.33. The van der Waals surface area contributed by atoms with Gasteiger partial charge in [0.05, 0.1) is 15.7 Å². The number of nitrogens with zero attached hydrogens (tertiary/aromatic N) is 4. The zero-order chi connectivity index (χ0) is 10.1. The predicted molar refractivity (Wildman–Crippen MR) is 53.6 cm³/mol. The van der Waals surface area contributed by atoms with Crippen LogP contribution in [0.15, 0.2) is 18.2 Å². The minimum Gasteiger partial charge on any atom is -0.366 e. The Morgan fingerprint density at radius 2 is 2.00 bits per heavy atom. The lowest BCUT2D eigenvalue weighted by molar-refractivity contribution is 0.792. The molecule has 0 saturated heterocycles. The molecular weight excluding hydrogens is 225 g/mol. The van der Waals surface area contributed by atoms with Gasteiger partial charge in [0.2, 0.25) is 5.95 Å². The smallest absolute Gasteiger partial charge is 0.245 e. The van der Waals surface area contributed by atoms with Gasteiger partial charge < -0.3 is 5.73 Å². The Morgan fingerprint density at radius 3 is 2.57 bits per heavy atom. The molecule has 0 fully saturated rings. The van der Waals surface area contributed by atoms with Crippen LogP contribution < -0.4 is 5.73 Å². The Bertz CT molecular complexity index is 467. The molecule has 7 heteroatoms. The Kier molecular flexibility index (Phi) is 2.26. The number of hydrogen-bond acceptors (Lipinski definition) is 4. The number of nitrogen functional groups attached to an aromatic ring is 1. The molecule has 1 heterocycles. The van der Waals surface area contributed by atoms with Crippen LogP contribution >= 0.6 is 23.2 Å². The third-order valence-corrected chi connectivity index (χ3v) is 2.38. The van der Waals surface area contributed by atoms with Gasteiger partial charge in [-0.25, -0.2) is 0 Å². The standard InChI is InChI=1S/C7H5Cl2N5/c8-5-2-1-4(3-6(5)9)14-7(10)11-12-13-14/h1-3H,(H2,10,11,13). The van der Waals surface area contributed by atoms with Crippen LogP contribution in [-0.4, -0.2) is 20.2 Å². The van der Waals surface area contributed by atoms with Gasteiger partial charge in [-0.3, -0.25) is 0 Å². The van der Waals surface area contributed by atoms with Crippen molar-refractivity contribution in [3.63, 3.8) is 0 Å². The largest absolute Gasteiger partial charge is 0.366 e. The number of tetrazole rings is 1. The molecule has 0 bridgehead atoms. The first kappa shape index (κ1) is 9.23. The Labute approximate surface area is 89.4 Å². The summed E-state index contributed by atoms with van der Waals surface area (Å²) < 4.78 is 1.36. The second kappa shape index (κ2) is 3.43. The van der Waals surface area contributed by atoms with Crippen molar-refractivity contribution in [1.29, 1.82) is 0 Å². The van der Waals surface area contributed by atoms with Crippen molar-refractivity contribution in [3.8, 4) is 5.69 Å². The maximum absolute atomic E-state index is 5.83. The molecule has 2 N–H and O–H groups in total. The van der Waals surface area contributed by atoms with Gasteiger partial charge in [-0.15, -0.1) is 0 Å². The van der Waals surface area contributed by atoms with Crippen molar-refractivity contribution in [1.82, 2.24) is 20.2 Å². The molecule has 1 aromatic heterocycles. The molecule has 0 radical (unpaired) electrons. The summed E-state index contributed by atoms with van der Waals surface area (Å²) in [5, 5.41) is 11.6. The molecule has 0 aliphatic carbocycles. The summed E-state index contributed by atoms with van der Waals surface area (Å²) in [5.41, 5.74) is 6.18. The molecule has 2 rings (SSSR count). The van der Waals surface area contributed by atoms with E-state index < -0.39 is 0 Å². The molecule has 2 aromatic rings. The second-order valence-electron chi connectivity index (χ2n) is 2.55. The SMILES string of the molecule is Nc1nnnn1-c1ccc(Cl)c(Cl)c1. The quantitative estimate of drug-likeness (QED) is 0.806. The number of rotatable bonds is 1. The van der Waals surface area contributed by atoms with Gasteiger partial charge in [-0.05, 0) is 28.6 Å². The van der Waals surface area contributed by atoms with Crippen LogP contribution in [0.5, 0.6) is 0 Å². The first-order valence-corrected chi connectivity index (χ1v) is 4.43. The van der Waals surface area contributed by atoms with E-state index in [1.54, 1.807) is 18.2 Å². The van der Waals surface area contributed by atoms with Gasteiger partial charge in [0, 0.05) is 0 Å². The number of aromatic nitrogens is 4. The van der Waals surface area contributed by atoms with E-state index in [-0.39, 0.29) is 5.95 Å². The van der Waals surface area contributed by atoms with Crippen LogP contribution in [0.1, 0.15) is 0 Å². The number of anilines is 1. The van der Waals surface area contributed by atoms with E-state index in [4.69, 9.17) is 28.9 Å². The normalized spacial score (nSPS) is 10.4. The molecule has 0 saturated carbocycles. The highest BCUT2D eigenvalue weighted by atomic mass is 35.5. The lowest BCUT2D eigenvalue weighted by atomic mass is 10.3. The lowest BCUT2D eigenvalue weighted by Crippen LogP contribution is -2.02. The van der Waals surface area contributed by atoms with Gasteiger partial charge in [0.25, 0.3) is 0 Å². The number of benzene rings is 1. The van der Waals surface area contributed by atoms with Crippen LogP contribution in [0.2, 0.25) is 10.0 Å². The average molecular weight is 230 g/mol. The van der Waals surface area contributed by atoms with E-state index in [1.165, 1.54) is 4.68 Å². The zero-order valence-electron chi connectivity index (χ0n) is 6.85. The maximum atomic E-state index is 5.83. The van der Waals surface area contributed by atoms with Crippen molar-refractivity contribution in [2.45, 2.75) is 0 Å². The van der Waals surface area contributed by atoms with Crippen molar-refractivity contribution < 1.29 is 0 Å². The van der Waals surface area contributed by atoms with Crippen LogP contribution in [0, 0.1) is 0 Å². The summed E-state index contributed by atoms with van der Waals surface area (Å²) in [6.45, 7) is 0. The van der Waals surface area contributed by atoms with E-state index >= 15 is 0 Å². The summed E-state index contributed by atoms with van der Waals surface area (Å²) in [4.78, 5) is 0. The average Bonchev–Trinajstić information content (AvgIpc) is 2.57. The van der Waals surface area contributed by atoms with E-state index in [9.17, 15) is 0 Å². The minimum atomic E-state index is 0.198. The third kappa shape index (κ3) is 1.51. The number of nitrogens with two attached hydrogens (primary N) is 1. The van der Waals surface area contributed by atoms with Crippen LogP contribution in [0.4, 0.5) is 5.95 Å². The van der Waals surface area contributed by atoms with Gasteiger partial charge in [-0.2, -0.15) is 4.68 Å². The van der Waals surface area contributed by atoms with Crippen LogP contribution in [0.25, 0.3) is 5.69 Å². The number of hydrogen-bond donors (Lipinski definition) is 1. The first-order valence-electron chi connectivity index (χ1n) is 3.68. The fraction of sp³-hybridized carbons (Fsp3) is 0. The molecule has 0 unspecified atom stereocenters. The molecule has 0 aliphatic heterocycles. The minimum absolute atomic E-state index is 0.198. The summed E-state index contributed by atoms with van der Waals surface area (Å²) in [7, 11) is 0. The maximum Gasteiger partial charge on any atom is 0.245 e. The van der Waals surface area contributed by atoms with Crippen molar-refractivity contribution in [2.75, 3.05) is 5.73 Å². The van der Waals surface area contributed by atoms with E-state index in [2.05, 4.69) is 15.5 Å². The zero-order valence-corrected chi connectivity index (χ0v) is 8.37. The summed E-state index contributed by atoms with van der Waals surface area (Å²) in [6, 6.07) is 5.01. The van der Waals surface area contributed by atoms with Gasteiger partial charge in [-0.1, -0.05) is 28.3 Å². The van der Waals surface area contributed by atoms with E-state index in [0.29, 0.717) is 15.7 Å². The van der Waals surface area contributed by atoms with E-state index in [0.717, 1.165) is 0 Å². The van der Waals surface area contributed by atoms with E-state index in [1.807, 2.05) is 0 Å². The Morgan fingerprint density at radius 1 is 1.21 bits per heavy atom. The highest BCUT2D eigenvalue weighted by molar-refractivity contribution is 6.42. The summed E-state index contributed by atoms with van der Waals surface area (Å²) in [5.74, 6) is 0.198. The third-order valence-electron chi connectivity index (χ3n) is 1.64. The first-order chi connectivity index (χ1) is 6.68. The molecule has 5 nitrogen and oxygen atoms in total. The highest BCUT2D eigenvalue weighted by Gasteiger charge is 2.05. The fourth-order valence-corrected chi connectivity index (χ4v) is 1.29. The topological polar surface area (TPSA) is 69.6 Å². The highest BCUT2D eigenvalue weighted by Crippen LogP contribution is 2.24. The summed E-state index contributed by atoms with van der Waals surface area (Å²) >= 11 is 11.6. The molecule has 0 amide bonds. The van der Waals surface area contributed by atoms with Crippen LogP contribution in [-0.2, 0) is 0 Å². The molecule has 0 spiro atoms. The monoisotopic (exact) mass is 229 g/mol. The van der Waals surface area contributed by atoms with Gasteiger partial charge in [0.15, 0.2) is 0 Å². The predicted octanol–water partition coefficient (Wildman–Crippen LogP) is 1.55. The molecule has 0 atom stereocenters. The number of halogens is 2. The van der Waals surface area contributed by atoms with Crippen LogP contribution in [0.3, 0.4) is 0 Å². The fourth-order valence-electron chi connectivity index (χ4n) is 0.995. The van der Waals surface area contributed by atoms with Crippen molar-refractivity contribution >= 4 is 29.2 Å². The lowest BCUT2D eigenvalue weighted by Gasteiger charge is -2.02. The van der Waals surface area contributed by atoms with Gasteiger partial charge in [0.1, 0.15) is 0 Å². The Balaban J connectivity index is 2.53. The molecule has 1 aromatic carbocycles. The summed E-state index contributed by atoms with van der Waals surface area (Å²) in [6.07, 6.45) is 0. The second-order valence-corrected chi connectivity index (χ2v) is 3.36. The van der Waals surface area contributed by atoms with Crippen molar-refractivity contribution in [3.05, 3.63) is 28.2 Å². The van der Waals surface area contributed by atoms with Crippen molar-refractivity contribution in [2.24, 2.45) is 0 Å². The van der Waals surface area contributed by atoms with Gasteiger partial charge >= 0.3 is 0 Å². The molecule has 72 valence electrons.